The second kappa shape index (κ2) is 14.4. The van der Waals surface area contributed by atoms with E-state index in [4.69, 9.17) is 4.84 Å². The van der Waals surface area contributed by atoms with Crippen LogP contribution in [0.2, 0.25) is 0 Å². The molecule has 0 spiro atoms. The van der Waals surface area contributed by atoms with Crippen molar-refractivity contribution < 1.29 is 23.2 Å². The van der Waals surface area contributed by atoms with Crippen molar-refractivity contribution in [3.8, 4) is 10.4 Å². The molecule has 8 nitrogen and oxygen atoms in total. The van der Waals surface area contributed by atoms with E-state index in [9.17, 15) is 23.2 Å². The molecule has 11 heteroatoms. The summed E-state index contributed by atoms with van der Waals surface area (Å²) in [5.41, 5.74) is 2.26. The Morgan fingerprint density at radius 1 is 0.915 bits per heavy atom. The lowest BCUT2D eigenvalue weighted by molar-refractivity contribution is -0.118. The highest BCUT2D eigenvalue weighted by atomic mass is 32.1. The van der Waals surface area contributed by atoms with Crippen LogP contribution in [0.3, 0.4) is 0 Å². The van der Waals surface area contributed by atoms with Crippen molar-refractivity contribution in [1.82, 2.24) is 14.5 Å². The molecule has 0 radical (unpaired) electrons. The quantitative estimate of drug-likeness (QED) is 0.156. The van der Waals surface area contributed by atoms with Crippen molar-refractivity contribution >= 4 is 39.1 Å². The van der Waals surface area contributed by atoms with Gasteiger partial charge >= 0.3 is 0 Å². The number of anilines is 1. The number of benzene rings is 3. The number of nitrogens with one attached hydrogen (secondary N) is 1. The molecule has 0 aliphatic heterocycles. The molecule has 3 aromatic carbocycles. The number of thiophene rings is 1. The standard InChI is InChI=1S/C36H36F2N4O4S/c1-22(2)34(44)39-25-16-14-24(15-17-25)33-27(19-40(3)18-23-10-7-6-8-11-23)31-32(43)28(35(45)41(4)46-5)21-42(36(31)47-33)20-26-29(37)12-9-13-30(26)38/h6-17,21-22H,18-20H2,1-5H3,(H,39,44). The number of hydrogen-bond donors (Lipinski definition) is 1. The molecule has 5 rings (SSSR count). The number of rotatable bonds is 11. The van der Waals surface area contributed by atoms with Gasteiger partial charge in [-0.25, -0.2) is 13.8 Å². The summed E-state index contributed by atoms with van der Waals surface area (Å²) in [6.45, 7) is 4.27. The Morgan fingerprint density at radius 2 is 1.57 bits per heavy atom. The number of nitrogens with zero attached hydrogens (tertiary/aromatic N) is 3. The molecule has 0 atom stereocenters. The predicted octanol–water partition coefficient (Wildman–Crippen LogP) is 6.92. The smallest absolute Gasteiger partial charge is 0.282 e. The first-order valence-electron chi connectivity index (χ1n) is 15.1. The highest BCUT2D eigenvalue weighted by molar-refractivity contribution is 7.22. The van der Waals surface area contributed by atoms with Gasteiger partial charge in [0.05, 0.1) is 19.0 Å². The number of hydrogen-bond acceptors (Lipinski definition) is 6. The summed E-state index contributed by atoms with van der Waals surface area (Å²) < 4.78 is 31.4. The first-order valence-corrected chi connectivity index (χ1v) is 15.9. The second-order valence-corrected chi connectivity index (χ2v) is 12.7. The van der Waals surface area contributed by atoms with Crippen LogP contribution in [0.4, 0.5) is 14.5 Å². The van der Waals surface area contributed by atoms with Gasteiger partial charge in [0.25, 0.3) is 5.91 Å². The summed E-state index contributed by atoms with van der Waals surface area (Å²) >= 11 is 1.30. The van der Waals surface area contributed by atoms with Crippen LogP contribution in [-0.4, -0.2) is 47.5 Å². The van der Waals surface area contributed by atoms with Crippen LogP contribution in [0.5, 0.6) is 0 Å². The van der Waals surface area contributed by atoms with Gasteiger partial charge in [-0.3, -0.25) is 24.1 Å². The normalized spacial score (nSPS) is 11.4. The van der Waals surface area contributed by atoms with E-state index in [1.54, 1.807) is 16.7 Å². The zero-order valence-corrected chi connectivity index (χ0v) is 27.7. The minimum Gasteiger partial charge on any atom is -0.334 e. The molecular weight excluding hydrogens is 622 g/mol. The fraction of sp³-hybridized carbons (Fsp3) is 0.250. The lowest BCUT2D eigenvalue weighted by Crippen LogP contribution is -2.31. The van der Waals surface area contributed by atoms with Crippen LogP contribution in [0, 0.1) is 17.6 Å². The van der Waals surface area contributed by atoms with Gasteiger partial charge in [-0.15, -0.1) is 11.3 Å². The van der Waals surface area contributed by atoms with Gasteiger partial charge in [0.1, 0.15) is 22.0 Å². The molecular formula is C36H36F2N4O4S. The van der Waals surface area contributed by atoms with Crippen LogP contribution in [0.15, 0.2) is 83.8 Å². The lowest BCUT2D eigenvalue weighted by atomic mass is 10.0. The number of aromatic nitrogens is 1. The first kappa shape index (κ1) is 33.6. The third kappa shape index (κ3) is 7.32. The highest BCUT2D eigenvalue weighted by Gasteiger charge is 2.26. The number of amides is 2. The van der Waals surface area contributed by atoms with E-state index < -0.39 is 23.0 Å². The Morgan fingerprint density at radius 3 is 2.19 bits per heavy atom. The molecule has 2 heterocycles. The van der Waals surface area contributed by atoms with Crippen molar-refractivity contribution in [2.24, 2.45) is 5.92 Å². The van der Waals surface area contributed by atoms with E-state index in [0.29, 0.717) is 29.2 Å². The fourth-order valence-electron chi connectivity index (χ4n) is 5.27. The van der Waals surface area contributed by atoms with Crippen LogP contribution < -0.4 is 10.7 Å². The summed E-state index contributed by atoms with van der Waals surface area (Å²) in [7, 11) is 4.63. The molecule has 0 fully saturated rings. The molecule has 0 unspecified atom stereocenters. The number of halogens is 2. The molecule has 0 aliphatic rings. The maximum absolute atomic E-state index is 14.9. The second-order valence-electron chi connectivity index (χ2n) is 11.7. The molecule has 2 amide bonds. The van der Waals surface area contributed by atoms with E-state index in [0.717, 1.165) is 21.1 Å². The van der Waals surface area contributed by atoms with Crippen molar-refractivity contribution in [2.45, 2.75) is 33.5 Å². The Balaban J connectivity index is 1.73. The maximum Gasteiger partial charge on any atom is 0.282 e. The van der Waals surface area contributed by atoms with Gasteiger partial charge in [0.15, 0.2) is 0 Å². The minimum absolute atomic E-state index is 0.113. The Hall–Kier alpha value is -4.71. The largest absolute Gasteiger partial charge is 0.334 e. The third-order valence-corrected chi connectivity index (χ3v) is 9.17. The zero-order valence-electron chi connectivity index (χ0n) is 26.8. The topological polar surface area (TPSA) is 83.9 Å². The number of carbonyl (C=O) groups excluding carboxylic acids is 2. The predicted molar refractivity (Wildman–Crippen MR) is 181 cm³/mol. The molecule has 0 saturated heterocycles. The van der Waals surface area contributed by atoms with Crippen molar-refractivity contribution in [3.05, 3.63) is 123 Å². The third-order valence-electron chi connectivity index (χ3n) is 7.85. The fourth-order valence-corrected chi connectivity index (χ4v) is 6.56. The van der Waals surface area contributed by atoms with Gasteiger partial charge in [-0.2, -0.15) is 0 Å². The van der Waals surface area contributed by atoms with Gasteiger partial charge < -0.3 is 9.88 Å². The highest BCUT2D eigenvalue weighted by Crippen LogP contribution is 2.39. The lowest BCUT2D eigenvalue weighted by Gasteiger charge is -2.19. The molecule has 0 aliphatic carbocycles. The summed E-state index contributed by atoms with van der Waals surface area (Å²) in [5, 5.41) is 4.12. The maximum atomic E-state index is 14.9. The molecule has 1 N–H and O–H groups in total. The van der Waals surface area contributed by atoms with Gasteiger partial charge in [-0.1, -0.05) is 62.4 Å². The Bertz CT molecular complexity index is 1950. The van der Waals surface area contributed by atoms with E-state index >= 15 is 0 Å². The van der Waals surface area contributed by atoms with Crippen molar-refractivity contribution in [3.63, 3.8) is 0 Å². The molecule has 2 aromatic heterocycles. The van der Waals surface area contributed by atoms with Crippen LogP contribution >= 0.6 is 11.3 Å². The van der Waals surface area contributed by atoms with Gasteiger partial charge in [0.2, 0.25) is 11.3 Å². The van der Waals surface area contributed by atoms with E-state index in [1.807, 2.05) is 63.4 Å². The summed E-state index contributed by atoms with van der Waals surface area (Å²) in [4.78, 5) is 48.3. The monoisotopic (exact) mass is 658 g/mol. The number of hydroxylamine groups is 2. The molecule has 244 valence electrons. The van der Waals surface area contributed by atoms with Gasteiger partial charge in [-0.05, 0) is 48.0 Å². The molecule has 5 aromatic rings. The number of carbonyl (C=O) groups is 2. The van der Waals surface area contributed by atoms with Crippen molar-refractivity contribution in [1.29, 1.82) is 0 Å². The first-order chi connectivity index (χ1) is 22.5. The summed E-state index contributed by atoms with van der Waals surface area (Å²) in [6, 6.07) is 20.8. The molecule has 0 bridgehead atoms. The van der Waals surface area contributed by atoms with Crippen LogP contribution in [-0.2, 0) is 29.3 Å². The number of pyridine rings is 1. The minimum atomic E-state index is -0.739. The Kier molecular flexibility index (Phi) is 10.3. The zero-order chi connectivity index (χ0) is 33.8. The van der Waals surface area contributed by atoms with Gasteiger partial charge in [0, 0.05) is 48.4 Å². The number of fused-ring (bicyclic) bond motifs is 1. The summed E-state index contributed by atoms with van der Waals surface area (Å²) in [5.74, 6) is -2.47. The van der Waals surface area contributed by atoms with E-state index in [2.05, 4.69) is 10.2 Å². The summed E-state index contributed by atoms with van der Waals surface area (Å²) in [6.07, 6.45) is 1.34. The van der Waals surface area contributed by atoms with Crippen molar-refractivity contribution in [2.75, 3.05) is 26.5 Å². The van der Waals surface area contributed by atoms with E-state index in [1.165, 1.54) is 49.9 Å². The average Bonchev–Trinajstić information content (AvgIpc) is 3.43. The van der Waals surface area contributed by atoms with Crippen LogP contribution in [0.1, 0.15) is 40.9 Å². The van der Waals surface area contributed by atoms with Crippen LogP contribution in [0.25, 0.3) is 20.7 Å². The average molecular weight is 659 g/mol. The Labute approximate surface area is 275 Å². The molecule has 47 heavy (non-hydrogen) atoms. The van der Waals surface area contributed by atoms with E-state index in [-0.39, 0.29) is 34.9 Å². The molecule has 0 saturated carbocycles. The SMILES string of the molecule is CON(C)C(=O)c1cn(Cc2c(F)cccc2F)c2sc(-c3ccc(NC(=O)C(C)C)cc3)c(CN(C)Cc3ccccc3)c2c1=O.